The van der Waals surface area contributed by atoms with Gasteiger partial charge in [-0.25, -0.2) is 0 Å². The molecule has 1 unspecified atom stereocenters. The molecule has 0 saturated carbocycles. The Labute approximate surface area is 204 Å². The second kappa shape index (κ2) is 9.25. The molecular formula is C22H24N8O2S2. The fourth-order valence-corrected chi connectivity index (χ4v) is 7.33. The Hall–Kier alpha value is -3.14. The number of aryl methyl sites for hydroxylation is 2. The molecule has 2 amide bonds. The minimum absolute atomic E-state index is 0.0671. The lowest BCUT2D eigenvalue weighted by Crippen LogP contribution is -2.42. The number of aromatic nitrogens is 4. The summed E-state index contributed by atoms with van der Waals surface area (Å²) in [6.45, 7) is 1.28. The number of primary amides is 1. The molecule has 0 aromatic carbocycles. The Balaban J connectivity index is 1.46. The van der Waals surface area contributed by atoms with E-state index in [1.54, 1.807) is 16.2 Å². The Morgan fingerprint density at radius 2 is 2.29 bits per heavy atom. The first-order valence-corrected chi connectivity index (χ1v) is 12.9. The number of likely N-dealkylation sites (tertiary alicyclic amines) is 1. The number of tetrazole rings is 1. The van der Waals surface area contributed by atoms with Crippen LogP contribution in [0.2, 0.25) is 0 Å². The molecular weight excluding hydrogens is 472 g/mol. The quantitative estimate of drug-likeness (QED) is 0.417. The van der Waals surface area contributed by atoms with Crippen molar-refractivity contribution >= 4 is 34.5 Å². The van der Waals surface area contributed by atoms with E-state index in [2.05, 4.69) is 43.5 Å². The number of hydrogen-bond donors (Lipinski definition) is 3. The first-order chi connectivity index (χ1) is 16.5. The number of fused-ring (bicyclic) bond motifs is 2. The normalized spacial score (nSPS) is 21.5. The number of H-pyrrole nitrogens is 1. The van der Waals surface area contributed by atoms with Gasteiger partial charge in [0.2, 0.25) is 5.91 Å². The van der Waals surface area contributed by atoms with Gasteiger partial charge in [-0.05, 0) is 67.3 Å². The van der Waals surface area contributed by atoms with Crippen LogP contribution in [0.4, 0.5) is 0 Å². The van der Waals surface area contributed by atoms with Gasteiger partial charge in [-0.2, -0.15) is 10.5 Å². The summed E-state index contributed by atoms with van der Waals surface area (Å²) in [7, 11) is 0. The van der Waals surface area contributed by atoms with Crippen LogP contribution >= 0.6 is 22.7 Å². The molecule has 4 heterocycles. The largest absolute Gasteiger partial charge is 0.365 e. The highest BCUT2D eigenvalue weighted by Gasteiger charge is 2.46. The van der Waals surface area contributed by atoms with Crippen LogP contribution in [-0.2, 0) is 23.1 Å². The first kappa shape index (κ1) is 22.6. The van der Waals surface area contributed by atoms with Crippen molar-refractivity contribution in [1.29, 1.82) is 5.26 Å². The number of nitriles is 1. The summed E-state index contributed by atoms with van der Waals surface area (Å²) in [6.07, 6.45) is 3.80. The Morgan fingerprint density at radius 3 is 3.06 bits per heavy atom. The van der Waals surface area contributed by atoms with Gasteiger partial charge in [0.1, 0.15) is 6.04 Å². The molecule has 0 bridgehead atoms. The van der Waals surface area contributed by atoms with E-state index in [0.29, 0.717) is 30.2 Å². The molecule has 1 aliphatic carbocycles. The molecule has 2 atom stereocenters. The highest BCUT2D eigenvalue weighted by molar-refractivity contribution is 7.14. The number of thiophene rings is 2. The number of nitrogens with two attached hydrogens (primary N) is 1. The van der Waals surface area contributed by atoms with Crippen LogP contribution < -0.4 is 11.1 Å². The van der Waals surface area contributed by atoms with Crippen molar-refractivity contribution in [3.05, 3.63) is 49.1 Å². The standard InChI is InChI=1S/C22H24N8O2S2/c23-11-14-2-1-8-30(14)18(31)12-25-7-6-22(21-26-28-29-27-21)15-5-9-33-16(15)4-3-13-10-17(20(24)32)34-19(13)22/h5,9-10,14,25H,1-4,6-8,12H2,(H2,24,32)(H,26,27,28,29)/t14-,22?/m0/s1. The fraction of sp³-hybridized carbons (Fsp3) is 0.455. The molecule has 2 aliphatic rings. The number of carbonyl (C=O) groups is 2. The summed E-state index contributed by atoms with van der Waals surface area (Å²) in [4.78, 5) is 29.1. The predicted molar refractivity (Wildman–Crippen MR) is 126 cm³/mol. The number of amides is 2. The number of rotatable bonds is 7. The molecule has 5 rings (SSSR count). The van der Waals surface area contributed by atoms with Gasteiger partial charge < -0.3 is 16.0 Å². The van der Waals surface area contributed by atoms with Crippen LogP contribution in [0, 0.1) is 11.3 Å². The minimum Gasteiger partial charge on any atom is -0.365 e. The predicted octanol–water partition coefficient (Wildman–Crippen LogP) is 1.35. The molecule has 176 valence electrons. The average molecular weight is 497 g/mol. The van der Waals surface area contributed by atoms with Gasteiger partial charge in [0, 0.05) is 16.3 Å². The van der Waals surface area contributed by atoms with Gasteiger partial charge in [0.05, 0.1) is 22.9 Å². The summed E-state index contributed by atoms with van der Waals surface area (Å²) in [5, 5.41) is 29.8. The average Bonchev–Trinajstić information content (AvgIpc) is 3.64. The zero-order chi connectivity index (χ0) is 23.7. The number of carbonyl (C=O) groups excluding carboxylic acids is 2. The van der Waals surface area contributed by atoms with Crippen molar-refractivity contribution in [2.45, 2.75) is 43.6 Å². The van der Waals surface area contributed by atoms with Crippen molar-refractivity contribution in [2.24, 2.45) is 5.73 Å². The SMILES string of the molecule is N#C[C@@H]1CCCN1C(=O)CNCCC1(c2nn[nH]n2)c2ccsc2CCc2cc(C(N)=O)sc21. The number of hydrogen-bond acceptors (Lipinski definition) is 9. The second-order valence-electron chi connectivity index (χ2n) is 8.53. The number of nitrogens with one attached hydrogen (secondary N) is 2. The van der Waals surface area contributed by atoms with Gasteiger partial charge in [-0.1, -0.05) is 5.21 Å². The van der Waals surface area contributed by atoms with Gasteiger partial charge in [0.15, 0.2) is 5.82 Å². The smallest absolute Gasteiger partial charge is 0.258 e. The van der Waals surface area contributed by atoms with E-state index in [4.69, 9.17) is 5.73 Å². The van der Waals surface area contributed by atoms with E-state index < -0.39 is 11.3 Å². The van der Waals surface area contributed by atoms with E-state index in [1.165, 1.54) is 16.2 Å². The molecule has 0 spiro atoms. The lowest BCUT2D eigenvalue weighted by atomic mass is 9.75. The van der Waals surface area contributed by atoms with E-state index in [1.807, 2.05) is 6.07 Å². The van der Waals surface area contributed by atoms with Crippen molar-refractivity contribution < 1.29 is 9.59 Å². The molecule has 3 aromatic rings. The monoisotopic (exact) mass is 496 g/mol. The van der Waals surface area contributed by atoms with Crippen LogP contribution in [-0.4, -0.2) is 63.0 Å². The highest BCUT2D eigenvalue weighted by atomic mass is 32.1. The van der Waals surface area contributed by atoms with Crippen molar-refractivity contribution in [2.75, 3.05) is 19.6 Å². The molecule has 1 saturated heterocycles. The number of nitrogens with zero attached hydrogens (tertiary/aromatic N) is 5. The summed E-state index contributed by atoms with van der Waals surface area (Å²) in [5.41, 5.74) is 7.08. The zero-order valence-electron chi connectivity index (χ0n) is 18.4. The van der Waals surface area contributed by atoms with E-state index in [9.17, 15) is 14.9 Å². The van der Waals surface area contributed by atoms with Crippen molar-refractivity contribution in [3.8, 4) is 6.07 Å². The lowest BCUT2D eigenvalue weighted by Gasteiger charge is -2.31. The molecule has 0 radical (unpaired) electrons. The minimum atomic E-state index is -0.717. The summed E-state index contributed by atoms with van der Waals surface area (Å²) in [6, 6.07) is 5.87. The molecule has 1 fully saturated rings. The van der Waals surface area contributed by atoms with Gasteiger partial charge >= 0.3 is 0 Å². The van der Waals surface area contributed by atoms with E-state index >= 15 is 0 Å². The van der Waals surface area contributed by atoms with Crippen molar-refractivity contribution in [3.63, 3.8) is 0 Å². The maximum Gasteiger partial charge on any atom is 0.258 e. The van der Waals surface area contributed by atoms with Gasteiger partial charge in [-0.3, -0.25) is 9.59 Å². The maximum atomic E-state index is 12.7. The van der Waals surface area contributed by atoms with Crippen LogP contribution in [0.1, 0.15) is 55.6 Å². The van der Waals surface area contributed by atoms with Crippen LogP contribution in [0.25, 0.3) is 0 Å². The molecule has 1 aliphatic heterocycles. The summed E-state index contributed by atoms with van der Waals surface area (Å²) < 4.78 is 0. The van der Waals surface area contributed by atoms with Gasteiger partial charge in [-0.15, -0.1) is 32.9 Å². The van der Waals surface area contributed by atoms with E-state index in [-0.39, 0.29) is 18.5 Å². The topological polar surface area (TPSA) is 154 Å². The van der Waals surface area contributed by atoms with E-state index in [0.717, 1.165) is 41.7 Å². The first-order valence-electron chi connectivity index (χ1n) is 11.2. The maximum absolute atomic E-state index is 12.7. The molecule has 10 nitrogen and oxygen atoms in total. The molecule has 34 heavy (non-hydrogen) atoms. The van der Waals surface area contributed by atoms with Gasteiger partial charge in [0.25, 0.3) is 5.91 Å². The number of aromatic amines is 1. The fourth-order valence-electron chi connectivity index (χ4n) is 5.08. The summed E-state index contributed by atoms with van der Waals surface area (Å²) >= 11 is 3.09. The third kappa shape index (κ3) is 3.79. The molecule has 4 N–H and O–H groups in total. The van der Waals surface area contributed by atoms with Crippen molar-refractivity contribution in [1.82, 2.24) is 30.8 Å². The zero-order valence-corrected chi connectivity index (χ0v) is 20.0. The van der Waals surface area contributed by atoms with Crippen LogP contribution in [0.3, 0.4) is 0 Å². The Kier molecular flexibility index (Phi) is 6.16. The highest BCUT2D eigenvalue weighted by Crippen LogP contribution is 2.49. The molecule has 12 heteroatoms. The van der Waals surface area contributed by atoms with Crippen LogP contribution in [0.5, 0.6) is 0 Å². The molecule has 3 aromatic heterocycles. The third-order valence-electron chi connectivity index (χ3n) is 6.67. The summed E-state index contributed by atoms with van der Waals surface area (Å²) in [5.74, 6) is 0.0139. The Morgan fingerprint density at radius 1 is 1.41 bits per heavy atom. The van der Waals surface area contributed by atoms with Crippen LogP contribution in [0.15, 0.2) is 17.5 Å². The lowest BCUT2D eigenvalue weighted by molar-refractivity contribution is -0.130. The third-order valence-corrected chi connectivity index (χ3v) is 9.00. The Bertz CT molecular complexity index is 1240. The second-order valence-corrected chi connectivity index (χ2v) is 10.6.